The molecule has 0 bridgehead atoms. The summed E-state index contributed by atoms with van der Waals surface area (Å²) in [4.78, 5) is 28.7. The lowest BCUT2D eigenvalue weighted by Gasteiger charge is -2.32. The van der Waals surface area contributed by atoms with Gasteiger partial charge in [0.05, 0.1) is 5.75 Å². The van der Waals surface area contributed by atoms with Crippen LogP contribution in [0.2, 0.25) is 0 Å². The third-order valence-electron chi connectivity index (χ3n) is 5.71. The Hall–Kier alpha value is -3.12. The van der Waals surface area contributed by atoms with Crippen molar-refractivity contribution in [1.82, 2.24) is 10.2 Å². The van der Waals surface area contributed by atoms with Gasteiger partial charge in [0.2, 0.25) is 11.8 Å². The second-order valence-electron chi connectivity index (χ2n) is 8.94. The van der Waals surface area contributed by atoms with E-state index in [4.69, 9.17) is 0 Å². The molecule has 0 aliphatic rings. The number of thioether (sulfide) groups is 1. The number of rotatable bonds is 11. The van der Waals surface area contributed by atoms with Crippen molar-refractivity contribution in [2.75, 3.05) is 5.75 Å². The van der Waals surface area contributed by atoms with Crippen LogP contribution >= 0.6 is 11.8 Å². The van der Waals surface area contributed by atoms with Gasteiger partial charge in [-0.05, 0) is 55.2 Å². The summed E-state index contributed by atoms with van der Waals surface area (Å²) in [5, 5.41) is 3.01. The molecule has 3 aromatic rings. The molecule has 6 heteroatoms. The number of halogens is 1. The number of carbonyl (C=O) groups is 2. The van der Waals surface area contributed by atoms with Crippen LogP contribution in [0.3, 0.4) is 0 Å². The lowest BCUT2D eigenvalue weighted by molar-refractivity contribution is -0.139. The molecule has 0 spiro atoms. The van der Waals surface area contributed by atoms with Crippen molar-refractivity contribution < 1.29 is 14.0 Å². The third kappa shape index (κ3) is 8.25. The van der Waals surface area contributed by atoms with Crippen LogP contribution < -0.4 is 5.32 Å². The van der Waals surface area contributed by atoms with Gasteiger partial charge in [-0.2, -0.15) is 0 Å². The fraction of sp³-hybridized carbons (Fsp3) is 0.310. The Labute approximate surface area is 211 Å². The van der Waals surface area contributed by atoms with Gasteiger partial charge in [0, 0.05) is 24.8 Å². The highest BCUT2D eigenvalue weighted by Crippen LogP contribution is 2.20. The van der Waals surface area contributed by atoms with Gasteiger partial charge in [0.1, 0.15) is 11.9 Å². The molecule has 0 saturated heterocycles. The van der Waals surface area contributed by atoms with Crippen molar-refractivity contribution in [1.29, 1.82) is 0 Å². The van der Waals surface area contributed by atoms with E-state index in [0.717, 1.165) is 22.3 Å². The van der Waals surface area contributed by atoms with E-state index in [1.165, 1.54) is 23.9 Å². The Balaban J connectivity index is 1.85. The predicted molar refractivity (Wildman–Crippen MR) is 142 cm³/mol. The minimum absolute atomic E-state index is 0.0379. The van der Waals surface area contributed by atoms with Crippen LogP contribution in [-0.2, 0) is 28.3 Å². The van der Waals surface area contributed by atoms with E-state index < -0.39 is 6.04 Å². The van der Waals surface area contributed by atoms with Crippen LogP contribution in [-0.4, -0.2) is 34.6 Å². The van der Waals surface area contributed by atoms with Crippen molar-refractivity contribution >= 4 is 23.6 Å². The molecule has 0 radical (unpaired) electrons. The summed E-state index contributed by atoms with van der Waals surface area (Å²) in [6, 6.07) is 23.4. The van der Waals surface area contributed by atoms with Crippen LogP contribution in [0, 0.1) is 12.7 Å². The Kier molecular flexibility index (Phi) is 9.91. The highest BCUT2D eigenvalue weighted by atomic mass is 32.2. The van der Waals surface area contributed by atoms with E-state index in [2.05, 4.69) is 5.32 Å². The van der Waals surface area contributed by atoms with Gasteiger partial charge < -0.3 is 10.2 Å². The molecule has 0 aliphatic carbocycles. The molecule has 35 heavy (non-hydrogen) atoms. The highest BCUT2D eigenvalue weighted by molar-refractivity contribution is 7.99. The molecule has 1 atom stereocenters. The number of aryl methyl sites for hydroxylation is 1. The molecule has 3 aromatic carbocycles. The van der Waals surface area contributed by atoms with Gasteiger partial charge in [-0.1, -0.05) is 66.7 Å². The molecule has 0 unspecified atom stereocenters. The van der Waals surface area contributed by atoms with Crippen LogP contribution in [0.1, 0.15) is 36.1 Å². The zero-order chi connectivity index (χ0) is 25.2. The Bertz CT molecular complexity index is 1100. The number of nitrogens with one attached hydrogen (secondary N) is 1. The molecule has 0 heterocycles. The standard InChI is InChI=1S/C29H33FN2O2S/c1-21(2)31-29(34)27(17-23-10-5-4-6-11-23)32(18-25-12-8-7-9-22(25)3)28(33)20-35-19-24-13-15-26(30)16-14-24/h4-16,21,27H,17-20H2,1-3H3,(H,31,34)/t27-/m1/s1. The molecule has 4 nitrogen and oxygen atoms in total. The van der Waals surface area contributed by atoms with Crippen molar-refractivity contribution in [3.63, 3.8) is 0 Å². The van der Waals surface area contributed by atoms with Crippen molar-refractivity contribution in [2.45, 2.75) is 51.6 Å². The maximum atomic E-state index is 13.6. The molecule has 184 valence electrons. The average Bonchev–Trinajstić information content (AvgIpc) is 2.83. The lowest BCUT2D eigenvalue weighted by Crippen LogP contribution is -2.52. The average molecular weight is 493 g/mol. The van der Waals surface area contributed by atoms with Gasteiger partial charge in [0.25, 0.3) is 0 Å². The fourth-order valence-corrected chi connectivity index (χ4v) is 4.70. The summed E-state index contributed by atoms with van der Waals surface area (Å²) < 4.78 is 13.2. The Morgan fingerprint density at radius 1 is 0.914 bits per heavy atom. The first-order valence-electron chi connectivity index (χ1n) is 11.8. The largest absolute Gasteiger partial charge is 0.352 e. The smallest absolute Gasteiger partial charge is 0.243 e. The minimum atomic E-state index is -0.640. The Morgan fingerprint density at radius 2 is 1.57 bits per heavy atom. The van der Waals surface area contributed by atoms with Crippen LogP contribution in [0.4, 0.5) is 4.39 Å². The number of benzene rings is 3. The molecular weight excluding hydrogens is 459 g/mol. The predicted octanol–water partition coefficient (Wildman–Crippen LogP) is 5.53. The van der Waals surface area contributed by atoms with Crippen LogP contribution in [0.5, 0.6) is 0 Å². The number of carbonyl (C=O) groups excluding carboxylic acids is 2. The van der Waals surface area contributed by atoms with E-state index in [-0.39, 0.29) is 29.4 Å². The third-order valence-corrected chi connectivity index (χ3v) is 6.70. The zero-order valence-corrected chi connectivity index (χ0v) is 21.4. The van der Waals surface area contributed by atoms with E-state index in [1.807, 2.05) is 75.4 Å². The molecule has 0 fully saturated rings. The first-order valence-corrected chi connectivity index (χ1v) is 13.0. The molecule has 0 saturated carbocycles. The number of hydrogen-bond donors (Lipinski definition) is 1. The first kappa shape index (κ1) is 26.5. The molecule has 0 aliphatic heterocycles. The van der Waals surface area contributed by atoms with E-state index in [1.54, 1.807) is 17.0 Å². The minimum Gasteiger partial charge on any atom is -0.352 e. The summed E-state index contributed by atoms with van der Waals surface area (Å²) in [5.41, 5.74) is 4.04. The molecule has 3 rings (SSSR count). The summed E-state index contributed by atoms with van der Waals surface area (Å²) in [6.45, 7) is 6.21. The summed E-state index contributed by atoms with van der Waals surface area (Å²) in [5.74, 6) is 0.281. The van der Waals surface area contributed by atoms with E-state index >= 15 is 0 Å². The van der Waals surface area contributed by atoms with Crippen molar-refractivity contribution in [3.8, 4) is 0 Å². The van der Waals surface area contributed by atoms with E-state index in [0.29, 0.717) is 18.7 Å². The number of nitrogens with zero attached hydrogens (tertiary/aromatic N) is 1. The summed E-state index contributed by atoms with van der Waals surface area (Å²) in [7, 11) is 0. The normalized spacial score (nSPS) is 11.8. The topological polar surface area (TPSA) is 49.4 Å². The molecule has 2 amide bonds. The van der Waals surface area contributed by atoms with Crippen LogP contribution in [0.25, 0.3) is 0 Å². The number of hydrogen-bond acceptors (Lipinski definition) is 3. The lowest BCUT2D eigenvalue weighted by atomic mass is 10.0. The molecule has 0 aromatic heterocycles. The van der Waals surface area contributed by atoms with Gasteiger partial charge in [-0.3, -0.25) is 9.59 Å². The maximum Gasteiger partial charge on any atom is 0.243 e. The van der Waals surface area contributed by atoms with Crippen molar-refractivity contribution in [3.05, 3.63) is 107 Å². The maximum absolute atomic E-state index is 13.6. The van der Waals surface area contributed by atoms with Gasteiger partial charge in [0.15, 0.2) is 0 Å². The summed E-state index contributed by atoms with van der Waals surface area (Å²) >= 11 is 1.47. The van der Waals surface area contributed by atoms with Crippen molar-refractivity contribution in [2.24, 2.45) is 0 Å². The SMILES string of the molecule is Cc1ccccc1CN(C(=O)CSCc1ccc(F)cc1)[C@H](Cc1ccccc1)C(=O)NC(C)C. The van der Waals surface area contributed by atoms with Gasteiger partial charge >= 0.3 is 0 Å². The highest BCUT2D eigenvalue weighted by Gasteiger charge is 2.30. The van der Waals surface area contributed by atoms with Gasteiger partial charge in [-0.25, -0.2) is 4.39 Å². The first-order chi connectivity index (χ1) is 16.8. The monoisotopic (exact) mass is 492 g/mol. The molecule has 1 N–H and O–H groups in total. The Morgan fingerprint density at radius 3 is 2.23 bits per heavy atom. The second-order valence-corrected chi connectivity index (χ2v) is 9.92. The zero-order valence-electron chi connectivity index (χ0n) is 20.5. The summed E-state index contributed by atoms with van der Waals surface area (Å²) in [6.07, 6.45) is 0.430. The molecular formula is C29H33FN2O2S. The van der Waals surface area contributed by atoms with Gasteiger partial charge in [-0.15, -0.1) is 11.8 Å². The quantitative estimate of drug-likeness (QED) is 0.383. The number of amides is 2. The van der Waals surface area contributed by atoms with Crippen LogP contribution in [0.15, 0.2) is 78.9 Å². The van der Waals surface area contributed by atoms with E-state index in [9.17, 15) is 14.0 Å². The fourth-order valence-electron chi connectivity index (χ4n) is 3.83. The second kappa shape index (κ2) is 13.1.